The van der Waals surface area contributed by atoms with Gasteiger partial charge in [-0.25, -0.2) is 0 Å². The molecular formula is C7H12O4. The molecule has 0 amide bonds. The maximum atomic E-state index is 8.00. The highest BCUT2D eigenvalue weighted by Gasteiger charge is 2.26. The van der Waals surface area contributed by atoms with Gasteiger partial charge < -0.3 is 19.0 Å². The molecule has 4 nitrogen and oxygen atoms in total. The van der Waals surface area contributed by atoms with E-state index in [1.54, 1.807) is 0 Å². The predicted octanol–water partition coefficient (Wildman–Crippen LogP) is -0.384. The Kier molecular flexibility index (Phi) is 3.48. The second-order valence-corrected chi connectivity index (χ2v) is 2.45. The summed E-state index contributed by atoms with van der Waals surface area (Å²) in [5.74, 6) is 0. The molecule has 2 unspecified atom stereocenters. The molecule has 2 aliphatic heterocycles. The summed E-state index contributed by atoms with van der Waals surface area (Å²) >= 11 is 0. The van der Waals surface area contributed by atoms with Crippen molar-refractivity contribution in [2.24, 2.45) is 0 Å². The third-order valence-electron chi connectivity index (χ3n) is 1.41. The Hall–Kier alpha value is -0.450. The second kappa shape index (κ2) is 4.43. The number of carbonyl (C=O) groups excluding carboxylic acids is 1. The van der Waals surface area contributed by atoms with Gasteiger partial charge in [-0.1, -0.05) is 0 Å². The smallest absolute Gasteiger partial charge is 0.106 e. The van der Waals surface area contributed by atoms with E-state index in [4.69, 9.17) is 19.0 Å². The lowest BCUT2D eigenvalue weighted by atomic mass is 10.5. The van der Waals surface area contributed by atoms with E-state index in [-0.39, 0.29) is 0 Å². The molecule has 2 atom stereocenters. The van der Waals surface area contributed by atoms with E-state index in [2.05, 4.69) is 0 Å². The first-order chi connectivity index (χ1) is 5.45. The highest BCUT2D eigenvalue weighted by atomic mass is 16.6. The average molecular weight is 160 g/mol. The third kappa shape index (κ3) is 4.08. The van der Waals surface area contributed by atoms with E-state index in [1.807, 2.05) is 6.79 Å². The summed E-state index contributed by atoms with van der Waals surface area (Å²) in [7, 11) is 0. The van der Waals surface area contributed by atoms with Crippen LogP contribution in [-0.2, 0) is 19.0 Å². The Morgan fingerprint density at radius 1 is 1.18 bits per heavy atom. The first kappa shape index (κ1) is 8.64. The number of ether oxygens (including phenoxy) is 3. The molecular weight excluding hydrogens is 148 g/mol. The Morgan fingerprint density at radius 3 is 1.82 bits per heavy atom. The minimum absolute atomic E-state index is 0.392. The van der Waals surface area contributed by atoms with E-state index < -0.39 is 0 Å². The van der Waals surface area contributed by atoms with Crippen LogP contribution in [0.1, 0.15) is 0 Å². The third-order valence-corrected chi connectivity index (χ3v) is 1.41. The van der Waals surface area contributed by atoms with Crippen molar-refractivity contribution in [3.05, 3.63) is 0 Å². The van der Waals surface area contributed by atoms with E-state index in [0.29, 0.717) is 12.2 Å². The Bertz CT molecular complexity index is 97.0. The molecule has 64 valence electrons. The molecule has 4 heteroatoms. The Labute approximate surface area is 65.4 Å². The molecule has 0 radical (unpaired) electrons. The van der Waals surface area contributed by atoms with Gasteiger partial charge in [0.15, 0.2) is 0 Å². The molecule has 0 saturated carbocycles. The largest absolute Gasteiger partial charge is 0.376 e. The SMILES string of the molecule is C(OCC1CO1)C1CO1.C=O. The first-order valence-electron chi connectivity index (χ1n) is 3.55. The van der Waals surface area contributed by atoms with Gasteiger partial charge in [0.2, 0.25) is 0 Å². The molecule has 0 spiro atoms. The molecule has 0 bridgehead atoms. The van der Waals surface area contributed by atoms with Crippen molar-refractivity contribution in [1.29, 1.82) is 0 Å². The first-order valence-corrected chi connectivity index (χ1v) is 3.55. The fraction of sp³-hybridized carbons (Fsp3) is 0.857. The monoisotopic (exact) mass is 160 g/mol. The molecule has 0 aliphatic carbocycles. The van der Waals surface area contributed by atoms with Crippen LogP contribution in [0.4, 0.5) is 0 Å². The van der Waals surface area contributed by atoms with Gasteiger partial charge in [-0.2, -0.15) is 0 Å². The number of hydrogen-bond donors (Lipinski definition) is 0. The van der Waals surface area contributed by atoms with Gasteiger partial charge >= 0.3 is 0 Å². The Balaban J connectivity index is 0.000000281. The Morgan fingerprint density at radius 2 is 1.55 bits per heavy atom. The van der Waals surface area contributed by atoms with Crippen molar-refractivity contribution in [3.8, 4) is 0 Å². The zero-order valence-corrected chi connectivity index (χ0v) is 6.32. The lowest BCUT2D eigenvalue weighted by Gasteiger charge is -1.95. The fourth-order valence-electron chi connectivity index (χ4n) is 0.659. The molecule has 0 N–H and O–H groups in total. The van der Waals surface area contributed by atoms with Crippen LogP contribution in [0, 0.1) is 0 Å². The van der Waals surface area contributed by atoms with Gasteiger partial charge in [-0.3, -0.25) is 0 Å². The topological polar surface area (TPSA) is 51.4 Å². The maximum absolute atomic E-state index is 8.00. The zero-order valence-electron chi connectivity index (χ0n) is 6.32. The average Bonchev–Trinajstić information content (AvgIpc) is 2.86. The van der Waals surface area contributed by atoms with Gasteiger partial charge in [0, 0.05) is 0 Å². The summed E-state index contributed by atoms with van der Waals surface area (Å²) in [5.41, 5.74) is 0. The van der Waals surface area contributed by atoms with Gasteiger partial charge in [0.05, 0.1) is 26.4 Å². The number of rotatable bonds is 4. The summed E-state index contributed by atoms with van der Waals surface area (Å²) in [6.45, 7) is 5.26. The minimum Gasteiger partial charge on any atom is -0.376 e. The lowest BCUT2D eigenvalue weighted by molar-refractivity contribution is -0.0979. The van der Waals surface area contributed by atoms with Crippen molar-refractivity contribution in [2.75, 3.05) is 26.4 Å². The van der Waals surface area contributed by atoms with E-state index >= 15 is 0 Å². The van der Waals surface area contributed by atoms with Gasteiger partial charge in [-0.15, -0.1) is 0 Å². The summed E-state index contributed by atoms with van der Waals surface area (Å²) in [4.78, 5) is 8.00. The van der Waals surface area contributed by atoms with Crippen LogP contribution in [0.15, 0.2) is 0 Å². The standard InChI is InChI=1S/C6H10O3.CH2O/c1(5-3-8-5)7-2-6-4-9-6;1-2/h5-6H,1-4H2;1H2. The summed E-state index contributed by atoms with van der Waals surface area (Å²) in [6.07, 6.45) is 0.785. The molecule has 2 aliphatic rings. The molecule has 11 heavy (non-hydrogen) atoms. The minimum atomic E-state index is 0.392. The van der Waals surface area contributed by atoms with Crippen molar-refractivity contribution in [3.63, 3.8) is 0 Å². The lowest BCUT2D eigenvalue weighted by Crippen LogP contribution is -2.06. The summed E-state index contributed by atoms with van der Waals surface area (Å²) < 4.78 is 15.1. The number of carbonyl (C=O) groups is 1. The highest BCUT2D eigenvalue weighted by molar-refractivity contribution is 5.10. The van der Waals surface area contributed by atoms with Crippen molar-refractivity contribution < 1.29 is 19.0 Å². The quantitative estimate of drug-likeness (QED) is 0.526. The molecule has 2 rings (SSSR count). The second-order valence-electron chi connectivity index (χ2n) is 2.45. The van der Waals surface area contributed by atoms with Crippen molar-refractivity contribution >= 4 is 6.79 Å². The zero-order chi connectivity index (χ0) is 8.10. The van der Waals surface area contributed by atoms with E-state index in [1.165, 1.54) is 0 Å². The number of epoxide rings is 2. The van der Waals surface area contributed by atoms with Gasteiger partial charge in [0.1, 0.15) is 19.0 Å². The molecule has 2 heterocycles. The van der Waals surface area contributed by atoms with Crippen LogP contribution >= 0.6 is 0 Å². The van der Waals surface area contributed by atoms with Crippen LogP contribution < -0.4 is 0 Å². The molecule has 2 fully saturated rings. The van der Waals surface area contributed by atoms with Crippen LogP contribution in [0.25, 0.3) is 0 Å². The van der Waals surface area contributed by atoms with Crippen LogP contribution in [0.3, 0.4) is 0 Å². The molecule has 0 aromatic rings. The normalized spacial score (nSPS) is 32.0. The fourth-order valence-corrected chi connectivity index (χ4v) is 0.659. The molecule has 0 aromatic carbocycles. The van der Waals surface area contributed by atoms with Crippen LogP contribution in [0.5, 0.6) is 0 Å². The van der Waals surface area contributed by atoms with Crippen molar-refractivity contribution in [1.82, 2.24) is 0 Å². The van der Waals surface area contributed by atoms with Crippen molar-refractivity contribution in [2.45, 2.75) is 12.2 Å². The van der Waals surface area contributed by atoms with E-state index in [9.17, 15) is 0 Å². The molecule has 0 aromatic heterocycles. The maximum Gasteiger partial charge on any atom is 0.106 e. The predicted molar refractivity (Wildman–Crippen MR) is 37.4 cm³/mol. The number of hydrogen-bond acceptors (Lipinski definition) is 4. The molecule has 2 saturated heterocycles. The van der Waals surface area contributed by atoms with Gasteiger partial charge in [-0.05, 0) is 0 Å². The van der Waals surface area contributed by atoms with E-state index in [0.717, 1.165) is 26.4 Å². The summed E-state index contributed by atoms with van der Waals surface area (Å²) in [6, 6.07) is 0. The highest BCUT2D eigenvalue weighted by Crippen LogP contribution is 2.12. The van der Waals surface area contributed by atoms with Crippen LogP contribution in [0.2, 0.25) is 0 Å². The van der Waals surface area contributed by atoms with Crippen LogP contribution in [-0.4, -0.2) is 45.4 Å². The summed E-state index contributed by atoms with van der Waals surface area (Å²) in [5, 5.41) is 0. The van der Waals surface area contributed by atoms with Gasteiger partial charge in [0.25, 0.3) is 0 Å².